The Hall–Kier alpha value is -3.32. The molecule has 1 amide bonds. The van der Waals surface area contributed by atoms with Crippen LogP contribution in [0.5, 0.6) is 5.75 Å². The van der Waals surface area contributed by atoms with E-state index in [2.05, 4.69) is 15.6 Å². The minimum atomic E-state index is -0.997. The largest absolute Gasteiger partial charge is 0.506 e. The van der Waals surface area contributed by atoms with E-state index in [4.69, 9.17) is 16.7 Å². The van der Waals surface area contributed by atoms with Crippen LogP contribution >= 0.6 is 11.6 Å². The Balaban J connectivity index is 1.73. The molecule has 4 rings (SSSR count). The van der Waals surface area contributed by atoms with Crippen molar-refractivity contribution in [2.45, 2.75) is 51.6 Å². The number of fused-ring (bicyclic) bond motifs is 1. The molecule has 0 spiro atoms. The molecule has 1 aliphatic carbocycles. The third kappa shape index (κ3) is 5.09. The normalized spacial score (nSPS) is 18.1. The summed E-state index contributed by atoms with van der Waals surface area (Å²) in [5, 5.41) is 26.0. The molecule has 1 saturated carbocycles. The summed E-state index contributed by atoms with van der Waals surface area (Å²) in [6.07, 6.45) is 3.69. The standard InChI is InChI=1S/C26H28ClN3O4/c1-14(2)25(32)20-13-28-22-9-3-15(16-4-10-23(31)21(27)12-16)11-19(22)24(20)29-17-5-7-18(8-6-17)30-26(33)34/h3-4,9-14,17-18,30-31H,5-8H2,1-2H3,(H,28,29)(H,33,34). The quantitative estimate of drug-likeness (QED) is 0.317. The number of phenols is 1. The van der Waals surface area contributed by atoms with Gasteiger partial charge in [-0.05, 0) is 61.1 Å². The molecule has 2 aromatic carbocycles. The first-order valence-corrected chi connectivity index (χ1v) is 11.8. The molecular formula is C26H28ClN3O4. The van der Waals surface area contributed by atoms with Gasteiger partial charge in [-0.25, -0.2) is 4.79 Å². The van der Waals surface area contributed by atoms with E-state index in [1.165, 1.54) is 0 Å². The van der Waals surface area contributed by atoms with Crippen LogP contribution in [0.15, 0.2) is 42.6 Å². The van der Waals surface area contributed by atoms with Crippen molar-refractivity contribution in [2.75, 3.05) is 5.32 Å². The van der Waals surface area contributed by atoms with Crippen molar-refractivity contribution in [2.24, 2.45) is 5.92 Å². The lowest BCUT2D eigenvalue weighted by molar-refractivity contribution is 0.0940. The maximum Gasteiger partial charge on any atom is 0.404 e. The lowest BCUT2D eigenvalue weighted by atomic mass is 9.90. The van der Waals surface area contributed by atoms with Crippen molar-refractivity contribution in [1.29, 1.82) is 0 Å². The van der Waals surface area contributed by atoms with E-state index in [-0.39, 0.29) is 34.6 Å². The summed E-state index contributed by atoms with van der Waals surface area (Å²) < 4.78 is 0. The zero-order valence-corrected chi connectivity index (χ0v) is 19.9. The van der Waals surface area contributed by atoms with Gasteiger partial charge in [0.15, 0.2) is 5.78 Å². The molecule has 8 heteroatoms. The molecule has 1 aliphatic rings. The molecule has 0 radical (unpaired) electrons. The molecule has 1 heterocycles. The fraction of sp³-hybridized carbons (Fsp3) is 0.346. The second-order valence-electron chi connectivity index (χ2n) is 9.11. The minimum absolute atomic E-state index is 0.0104. The van der Waals surface area contributed by atoms with E-state index in [1.807, 2.05) is 32.0 Å². The smallest absolute Gasteiger partial charge is 0.404 e. The predicted octanol–water partition coefficient (Wildman–Crippen LogP) is 6.09. The number of benzene rings is 2. The number of nitrogens with one attached hydrogen (secondary N) is 2. The number of Topliss-reactive ketones (excluding diaryl/α,β-unsaturated/α-hetero) is 1. The van der Waals surface area contributed by atoms with Crippen molar-refractivity contribution in [1.82, 2.24) is 10.3 Å². The van der Waals surface area contributed by atoms with Gasteiger partial charge in [0.25, 0.3) is 0 Å². The average molecular weight is 482 g/mol. The lowest BCUT2D eigenvalue weighted by Crippen LogP contribution is -2.39. The number of hydrogen-bond donors (Lipinski definition) is 4. The van der Waals surface area contributed by atoms with Gasteiger partial charge in [0.2, 0.25) is 0 Å². The summed E-state index contributed by atoms with van der Waals surface area (Å²) in [6.45, 7) is 3.74. The van der Waals surface area contributed by atoms with Crippen LogP contribution < -0.4 is 10.6 Å². The van der Waals surface area contributed by atoms with Crippen LogP contribution in [0.25, 0.3) is 22.0 Å². The number of aromatic nitrogens is 1. The number of phenolic OH excluding ortho intramolecular Hbond substituents is 1. The Labute approximate surface area is 203 Å². The maximum atomic E-state index is 13.1. The van der Waals surface area contributed by atoms with Gasteiger partial charge in [-0.2, -0.15) is 0 Å². The lowest BCUT2D eigenvalue weighted by Gasteiger charge is -2.30. The van der Waals surface area contributed by atoms with Crippen molar-refractivity contribution in [3.8, 4) is 16.9 Å². The number of rotatable bonds is 6. The summed E-state index contributed by atoms with van der Waals surface area (Å²) in [6, 6.07) is 11.0. The van der Waals surface area contributed by atoms with Gasteiger partial charge in [-0.3, -0.25) is 9.78 Å². The first-order valence-electron chi connectivity index (χ1n) is 11.4. The highest BCUT2D eigenvalue weighted by Gasteiger charge is 2.25. The van der Waals surface area contributed by atoms with Gasteiger partial charge in [0.1, 0.15) is 5.75 Å². The van der Waals surface area contributed by atoms with Gasteiger partial charge < -0.3 is 20.8 Å². The maximum absolute atomic E-state index is 13.1. The molecule has 3 aromatic rings. The van der Waals surface area contributed by atoms with Gasteiger partial charge >= 0.3 is 6.09 Å². The molecule has 34 heavy (non-hydrogen) atoms. The average Bonchev–Trinajstić information content (AvgIpc) is 2.81. The van der Waals surface area contributed by atoms with Crippen LogP contribution in [0, 0.1) is 5.92 Å². The second-order valence-corrected chi connectivity index (χ2v) is 9.51. The molecule has 1 aromatic heterocycles. The highest BCUT2D eigenvalue weighted by molar-refractivity contribution is 6.32. The number of ketones is 1. The second kappa shape index (κ2) is 9.89. The third-order valence-electron chi connectivity index (χ3n) is 6.34. The molecule has 4 N–H and O–H groups in total. The van der Waals surface area contributed by atoms with E-state index in [0.717, 1.165) is 53.4 Å². The van der Waals surface area contributed by atoms with E-state index in [9.17, 15) is 14.7 Å². The molecule has 178 valence electrons. The first kappa shape index (κ1) is 23.8. The highest BCUT2D eigenvalue weighted by Crippen LogP contribution is 2.35. The number of anilines is 1. The van der Waals surface area contributed by atoms with Crippen LogP contribution in [0.4, 0.5) is 10.5 Å². The van der Waals surface area contributed by atoms with E-state index in [1.54, 1.807) is 24.4 Å². The molecular weight excluding hydrogens is 454 g/mol. The van der Waals surface area contributed by atoms with Crippen LogP contribution in [-0.4, -0.2) is 39.2 Å². The molecule has 0 atom stereocenters. The number of aromatic hydroxyl groups is 1. The summed E-state index contributed by atoms with van der Waals surface area (Å²) in [4.78, 5) is 28.6. The summed E-state index contributed by atoms with van der Waals surface area (Å²) in [5.41, 5.74) is 3.80. The van der Waals surface area contributed by atoms with Gasteiger partial charge in [-0.15, -0.1) is 0 Å². The molecule has 0 saturated heterocycles. The van der Waals surface area contributed by atoms with E-state index < -0.39 is 6.09 Å². The van der Waals surface area contributed by atoms with Crippen LogP contribution in [0.1, 0.15) is 49.9 Å². The SMILES string of the molecule is CC(C)C(=O)c1cnc2ccc(-c3ccc(O)c(Cl)c3)cc2c1NC1CCC(NC(=O)O)CC1. The van der Waals surface area contributed by atoms with E-state index in [0.29, 0.717) is 5.56 Å². The first-order chi connectivity index (χ1) is 16.2. The Morgan fingerprint density at radius 3 is 2.32 bits per heavy atom. The fourth-order valence-corrected chi connectivity index (χ4v) is 4.65. The Kier molecular flexibility index (Phi) is 6.93. The Morgan fingerprint density at radius 2 is 1.68 bits per heavy atom. The van der Waals surface area contributed by atoms with Crippen molar-refractivity contribution < 1.29 is 19.8 Å². The fourth-order valence-electron chi connectivity index (χ4n) is 4.47. The van der Waals surface area contributed by atoms with E-state index >= 15 is 0 Å². The molecule has 0 bridgehead atoms. The zero-order valence-electron chi connectivity index (χ0n) is 19.1. The summed E-state index contributed by atoms with van der Waals surface area (Å²) in [7, 11) is 0. The molecule has 7 nitrogen and oxygen atoms in total. The minimum Gasteiger partial charge on any atom is -0.506 e. The highest BCUT2D eigenvalue weighted by atomic mass is 35.5. The van der Waals surface area contributed by atoms with Crippen LogP contribution in [0.3, 0.4) is 0 Å². The van der Waals surface area contributed by atoms with Gasteiger partial charge in [0.05, 0.1) is 21.8 Å². The Bertz CT molecular complexity index is 1240. The molecule has 0 unspecified atom stereocenters. The number of nitrogens with zero attached hydrogens (tertiary/aromatic N) is 1. The number of carbonyl (C=O) groups is 2. The van der Waals surface area contributed by atoms with Crippen molar-refractivity contribution >= 4 is 40.1 Å². The number of carbonyl (C=O) groups excluding carboxylic acids is 1. The predicted molar refractivity (Wildman–Crippen MR) is 134 cm³/mol. The van der Waals surface area contributed by atoms with Crippen molar-refractivity contribution in [3.63, 3.8) is 0 Å². The topological polar surface area (TPSA) is 112 Å². The van der Waals surface area contributed by atoms with Crippen molar-refractivity contribution in [3.05, 3.63) is 53.2 Å². The molecule has 1 fully saturated rings. The number of hydrogen-bond acceptors (Lipinski definition) is 5. The monoisotopic (exact) mass is 481 g/mol. The van der Waals surface area contributed by atoms with Gasteiger partial charge in [0, 0.05) is 29.6 Å². The summed E-state index contributed by atoms with van der Waals surface area (Å²) in [5.74, 6) is -0.154. The third-order valence-corrected chi connectivity index (χ3v) is 6.64. The Morgan fingerprint density at radius 1 is 1.03 bits per heavy atom. The molecule has 0 aliphatic heterocycles. The van der Waals surface area contributed by atoms with Crippen LogP contribution in [0.2, 0.25) is 5.02 Å². The number of pyridine rings is 1. The number of carboxylic acid groups (broad SMARTS) is 1. The summed E-state index contributed by atoms with van der Waals surface area (Å²) >= 11 is 6.13. The number of halogens is 1. The number of amides is 1. The van der Waals surface area contributed by atoms with Crippen LogP contribution in [-0.2, 0) is 0 Å². The van der Waals surface area contributed by atoms with Gasteiger partial charge in [-0.1, -0.05) is 37.6 Å². The zero-order chi connectivity index (χ0) is 24.4.